The molecule has 0 spiro atoms. The van der Waals surface area contributed by atoms with E-state index in [1.807, 2.05) is 32.0 Å². The highest BCUT2D eigenvalue weighted by Gasteiger charge is 2.18. The number of amides is 2. The molecule has 140 valence electrons. The van der Waals surface area contributed by atoms with Crippen LogP contribution in [0.25, 0.3) is 11.0 Å². The van der Waals surface area contributed by atoms with E-state index < -0.39 is 11.5 Å². The molecule has 0 fully saturated rings. The number of nitrogens with one attached hydrogen (secondary N) is 1. The zero-order valence-corrected chi connectivity index (χ0v) is 15.5. The number of aryl methyl sites for hydroxylation is 1. The first-order chi connectivity index (χ1) is 12.9. The third-order valence-corrected chi connectivity index (χ3v) is 4.38. The Morgan fingerprint density at radius 2 is 1.85 bits per heavy atom. The maximum absolute atomic E-state index is 12.6. The minimum atomic E-state index is -0.546. The molecule has 2 aromatic heterocycles. The van der Waals surface area contributed by atoms with Gasteiger partial charge in [-0.2, -0.15) is 0 Å². The normalized spacial score (nSPS) is 10.8. The first kappa shape index (κ1) is 18.4. The number of carbonyl (C=O) groups is 2. The summed E-state index contributed by atoms with van der Waals surface area (Å²) in [4.78, 5) is 39.1. The maximum Gasteiger partial charge on any atom is 0.291 e. The molecular formula is C20H21N3O4. The summed E-state index contributed by atoms with van der Waals surface area (Å²) < 4.78 is 6.81. The number of rotatable bonds is 5. The van der Waals surface area contributed by atoms with Crippen LogP contribution in [0.1, 0.15) is 34.8 Å². The van der Waals surface area contributed by atoms with Gasteiger partial charge in [0.25, 0.3) is 17.4 Å². The summed E-state index contributed by atoms with van der Waals surface area (Å²) in [6, 6.07) is 10.3. The first-order valence-electron chi connectivity index (χ1n) is 8.74. The number of pyridine rings is 1. The molecule has 0 aliphatic carbocycles. The highest BCUT2D eigenvalue weighted by molar-refractivity contribution is 6.05. The van der Waals surface area contributed by atoms with Crippen LogP contribution in [0, 0.1) is 0 Å². The average Bonchev–Trinajstić information content (AvgIpc) is 3.10. The van der Waals surface area contributed by atoms with E-state index in [9.17, 15) is 14.4 Å². The van der Waals surface area contributed by atoms with Crippen molar-refractivity contribution in [2.45, 2.75) is 13.8 Å². The summed E-state index contributed by atoms with van der Waals surface area (Å²) >= 11 is 0. The second-order valence-electron chi connectivity index (χ2n) is 6.14. The van der Waals surface area contributed by atoms with Crippen LogP contribution in [0.3, 0.4) is 0 Å². The van der Waals surface area contributed by atoms with Gasteiger partial charge in [-0.15, -0.1) is 0 Å². The van der Waals surface area contributed by atoms with E-state index in [-0.39, 0.29) is 17.4 Å². The first-order valence-corrected chi connectivity index (χ1v) is 8.74. The summed E-state index contributed by atoms with van der Waals surface area (Å²) in [5.74, 6) is -0.649. The van der Waals surface area contributed by atoms with Crippen molar-refractivity contribution in [3.05, 3.63) is 64.3 Å². The second kappa shape index (κ2) is 7.49. The molecule has 0 saturated heterocycles. The highest BCUT2D eigenvalue weighted by atomic mass is 16.3. The van der Waals surface area contributed by atoms with Gasteiger partial charge in [-0.3, -0.25) is 14.4 Å². The molecule has 3 rings (SSSR count). The van der Waals surface area contributed by atoms with Gasteiger partial charge in [0.2, 0.25) is 0 Å². The van der Waals surface area contributed by atoms with Gasteiger partial charge < -0.3 is 19.2 Å². The van der Waals surface area contributed by atoms with Gasteiger partial charge >= 0.3 is 0 Å². The lowest BCUT2D eigenvalue weighted by molar-refractivity contribution is 0.0771. The van der Waals surface area contributed by atoms with Crippen LogP contribution >= 0.6 is 0 Å². The molecule has 1 N–H and O–H groups in total. The molecule has 0 bridgehead atoms. The quantitative estimate of drug-likeness (QED) is 0.751. The molecule has 0 radical (unpaired) electrons. The number of carbonyl (C=O) groups excluding carboxylic acids is 2. The molecule has 2 amide bonds. The molecule has 0 aliphatic rings. The summed E-state index contributed by atoms with van der Waals surface area (Å²) in [5, 5.41) is 3.35. The number of nitrogens with zero attached hydrogens (tertiary/aromatic N) is 2. The molecule has 1 aromatic carbocycles. The van der Waals surface area contributed by atoms with Gasteiger partial charge in [0.1, 0.15) is 11.3 Å². The highest BCUT2D eigenvalue weighted by Crippen LogP contribution is 2.19. The van der Waals surface area contributed by atoms with E-state index in [4.69, 9.17) is 4.42 Å². The standard InChI is InChI=1S/C20H21N3O4/c1-4-23(5-2)19(25)14-10-15(20(26)22(3)12-14)21-18(24)17-11-13-8-6-7-9-16(13)27-17/h6-12H,4-5H2,1-3H3,(H,21,24). The Labute approximate surface area is 156 Å². The molecule has 27 heavy (non-hydrogen) atoms. The van der Waals surface area contributed by atoms with Crippen molar-refractivity contribution >= 4 is 28.5 Å². The van der Waals surface area contributed by atoms with Crippen LogP contribution < -0.4 is 10.9 Å². The lowest BCUT2D eigenvalue weighted by atomic mass is 10.2. The molecule has 3 aromatic rings. The summed E-state index contributed by atoms with van der Waals surface area (Å²) in [6.45, 7) is 4.87. The predicted molar refractivity (Wildman–Crippen MR) is 103 cm³/mol. The Kier molecular flexibility index (Phi) is 5.12. The number of hydrogen-bond donors (Lipinski definition) is 1. The van der Waals surface area contributed by atoms with Crippen molar-refractivity contribution in [1.29, 1.82) is 0 Å². The van der Waals surface area contributed by atoms with Gasteiger partial charge in [-0.1, -0.05) is 18.2 Å². The number of para-hydroxylation sites is 1. The zero-order chi connectivity index (χ0) is 19.6. The van der Waals surface area contributed by atoms with Crippen LogP contribution in [0.2, 0.25) is 0 Å². The molecule has 0 atom stereocenters. The Balaban J connectivity index is 1.92. The van der Waals surface area contributed by atoms with Crippen molar-refractivity contribution in [2.75, 3.05) is 18.4 Å². The van der Waals surface area contributed by atoms with Crippen molar-refractivity contribution in [1.82, 2.24) is 9.47 Å². The smallest absolute Gasteiger partial charge is 0.291 e. The minimum Gasteiger partial charge on any atom is -0.451 e. The topological polar surface area (TPSA) is 84.6 Å². The number of fused-ring (bicyclic) bond motifs is 1. The van der Waals surface area contributed by atoms with Gasteiger partial charge in [-0.25, -0.2) is 0 Å². The van der Waals surface area contributed by atoms with Gasteiger partial charge in [0.15, 0.2) is 5.76 Å². The van der Waals surface area contributed by atoms with Crippen molar-refractivity contribution in [2.24, 2.45) is 7.05 Å². The number of benzene rings is 1. The maximum atomic E-state index is 12.6. The zero-order valence-electron chi connectivity index (χ0n) is 15.5. The van der Waals surface area contributed by atoms with Gasteiger partial charge in [0, 0.05) is 31.7 Å². The average molecular weight is 367 g/mol. The van der Waals surface area contributed by atoms with E-state index in [2.05, 4.69) is 5.32 Å². The van der Waals surface area contributed by atoms with Crippen molar-refractivity contribution in [3.8, 4) is 0 Å². The largest absolute Gasteiger partial charge is 0.451 e. The third-order valence-electron chi connectivity index (χ3n) is 4.38. The second-order valence-corrected chi connectivity index (χ2v) is 6.14. The molecule has 0 unspecified atom stereocenters. The molecular weight excluding hydrogens is 346 g/mol. The Morgan fingerprint density at radius 3 is 2.52 bits per heavy atom. The molecule has 2 heterocycles. The monoisotopic (exact) mass is 367 g/mol. The Morgan fingerprint density at radius 1 is 1.15 bits per heavy atom. The molecule has 0 saturated carbocycles. The van der Waals surface area contributed by atoms with E-state index in [0.717, 1.165) is 5.39 Å². The van der Waals surface area contributed by atoms with Crippen LogP contribution in [-0.4, -0.2) is 34.4 Å². The van der Waals surface area contributed by atoms with Gasteiger partial charge in [0.05, 0.1) is 5.56 Å². The van der Waals surface area contributed by atoms with E-state index in [1.54, 1.807) is 17.0 Å². The number of hydrogen-bond acceptors (Lipinski definition) is 4. The fourth-order valence-electron chi connectivity index (χ4n) is 2.89. The summed E-state index contributed by atoms with van der Waals surface area (Å²) in [7, 11) is 1.54. The number of aromatic nitrogens is 1. The van der Waals surface area contributed by atoms with Gasteiger partial charge in [-0.05, 0) is 32.0 Å². The predicted octanol–water partition coefficient (Wildman–Crippen LogP) is 2.87. The number of furan rings is 1. The molecule has 7 nitrogen and oxygen atoms in total. The van der Waals surface area contributed by atoms with Crippen LogP contribution in [0.15, 0.2) is 51.8 Å². The van der Waals surface area contributed by atoms with Crippen molar-refractivity contribution in [3.63, 3.8) is 0 Å². The number of anilines is 1. The summed E-state index contributed by atoms with van der Waals surface area (Å²) in [6.07, 6.45) is 1.47. The lowest BCUT2D eigenvalue weighted by Gasteiger charge is -2.19. The fourth-order valence-corrected chi connectivity index (χ4v) is 2.89. The Hall–Kier alpha value is -3.35. The summed E-state index contributed by atoms with van der Waals surface area (Å²) in [5.41, 5.74) is 0.540. The van der Waals surface area contributed by atoms with Crippen LogP contribution in [-0.2, 0) is 7.05 Å². The lowest BCUT2D eigenvalue weighted by Crippen LogP contribution is -2.32. The fraction of sp³-hybridized carbons (Fsp3) is 0.250. The van der Waals surface area contributed by atoms with E-state index in [0.29, 0.717) is 24.2 Å². The molecule has 0 aliphatic heterocycles. The van der Waals surface area contributed by atoms with Crippen LogP contribution in [0.4, 0.5) is 5.69 Å². The minimum absolute atomic E-state index is 0.0287. The van der Waals surface area contributed by atoms with E-state index >= 15 is 0 Å². The SMILES string of the molecule is CCN(CC)C(=O)c1cc(NC(=O)c2cc3ccccc3o2)c(=O)n(C)c1. The molecule has 7 heteroatoms. The van der Waals surface area contributed by atoms with Crippen LogP contribution in [0.5, 0.6) is 0 Å². The third kappa shape index (κ3) is 3.62. The van der Waals surface area contributed by atoms with E-state index in [1.165, 1.54) is 23.9 Å². The Bertz CT molecular complexity index is 1030. The van der Waals surface area contributed by atoms with Crippen molar-refractivity contribution < 1.29 is 14.0 Å².